The molecule has 1 aliphatic rings. The van der Waals surface area contributed by atoms with Crippen LogP contribution in [0.25, 0.3) is 0 Å². The molecule has 26 heavy (non-hydrogen) atoms. The van der Waals surface area contributed by atoms with Gasteiger partial charge in [-0.25, -0.2) is 0 Å². The molecule has 1 heterocycles. The van der Waals surface area contributed by atoms with Gasteiger partial charge in [-0.3, -0.25) is 0 Å². The van der Waals surface area contributed by atoms with E-state index in [9.17, 15) is 10.2 Å². The number of hydrogen-bond donors (Lipinski definition) is 2. The smallest absolute Gasteiger partial charge is 0.170 e. The molecule has 144 valence electrons. The summed E-state index contributed by atoms with van der Waals surface area (Å²) in [4.78, 5) is 0. The standard InChI is InChI=1S/C22H32O4/c1-2-9-20(23)13-8-14-21(24)18-22(25-16-17-26-22)15-7-6-12-19-10-4-3-5-11-19/h2-5,8,10-11,13,20-21,23-24H,1,6-7,9,12,14-18H2/b13-8+/t20-,21+/m0/s1. The molecule has 0 saturated carbocycles. The van der Waals surface area contributed by atoms with Crippen LogP contribution in [-0.2, 0) is 15.9 Å². The van der Waals surface area contributed by atoms with Crippen molar-refractivity contribution in [1.82, 2.24) is 0 Å². The Morgan fingerprint density at radius 3 is 2.50 bits per heavy atom. The molecule has 0 aliphatic carbocycles. The van der Waals surface area contributed by atoms with E-state index in [1.165, 1.54) is 5.56 Å². The van der Waals surface area contributed by atoms with Gasteiger partial charge in [-0.15, -0.1) is 6.58 Å². The van der Waals surface area contributed by atoms with Gasteiger partial charge >= 0.3 is 0 Å². The fourth-order valence-electron chi connectivity index (χ4n) is 3.31. The SMILES string of the molecule is C=CC[C@H](O)/C=C/C[C@@H](O)CC1(CCCCc2ccccc2)OCCO1. The van der Waals surface area contributed by atoms with Crippen molar-refractivity contribution in [2.45, 2.75) is 62.9 Å². The normalized spacial score (nSPS) is 18.8. The summed E-state index contributed by atoms with van der Waals surface area (Å²) in [7, 11) is 0. The molecule has 0 bridgehead atoms. The summed E-state index contributed by atoms with van der Waals surface area (Å²) in [6.07, 6.45) is 9.47. The number of aliphatic hydroxyl groups excluding tert-OH is 2. The van der Waals surface area contributed by atoms with Crippen LogP contribution in [0.5, 0.6) is 0 Å². The maximum absolute atomic E-state index is 10.3. The van der Waals surface area contributed by atoms with Gasteiger partial charge in [0.15, 0.2) is 5.79 Å². The second kappa shape index (κ2) is 11.3. The van der Waals surface area contributed by atoms with Crippen LogP contribution in [-0.4, -0.2) is 41.4 Å². The van der Waals surface area contributed by atoms with Crippen molar-refractivity contribution in [2.75, 3.05) is 13.2 Å². The summed E-state index contributed by atoms with van der Waals surface area (Å²) in [6, 6.07) is 10.5. The Balaban J connectivity index is 1.74. The lowest BCUT2D eigenvalue weighted by atomic mass is 9.98. The topological polar surface area (TPSA) is 58.9 Å². The first-order chi connectivity index (χ1) is 12.6. The monoisotopic (exact) mass is 360 g/mol. The number of ether oxygens (including phenoxy) is 2. The van der Waals surface area contributed by atoms with Crippen LogP contribution in [0.4, 0.5) is 0 Å². The minimum absolute atomic E-state index is 0.459. The Bertz CT molecular complexity index is 534. The fourth-order valence-corrected chi connectivity index (χ4v) is 3.31. The molecule has 0 amide bonds. The number of aliphatic hydroxyl groups is 2. The lowest BCUT2D eigenvalue weighted by Crippen LogP contribution is -2.34. The molecule has 4 heteroatoms. The fraction of sp³-hybridized carbons (Fsp3) is 0.545. The van der Waals surface area contributed by atoms with E-state index in [0.717, 1.165) is 25.7 Å². The molecule has 1 fully saturated rings. The van der Waals surface area contributed by atoms with Crippen LogP contribution >= 0.6 is 0 Å². The van der Waals surface area contributed by atoms with Gasteiger partial charge in [-0.1, -0.05) is 48.6 Å². The van der Waals surface area contributed by atoms with E-state index >= 15 is 0 Å². The van der Waals surface area contributed by atoms with Crippen LogP contribution in [0.1, 0.15) is 44.1 Å². The molecule has 1 saturated heterocycles. The Hall–Kier alpha value is -1.46. The molecule has 0 spiro atoms. The average molecular weight is 360 g/mol. The van der Waals surface area contributed by atoms with E-state index < -0.39 is 18.0 Å². The van der Waals surface area contributed by atoms with Gasteiger partial charge in [-0.2, -0.15) is 0 Å². The van der Waals surface area contributed by atoms with Crippen LogP contribution in [0.15, 0.2) is 55.1 Å². The van der Waals surface area contributed by atoms with E-state index in [0.29, 0.717) is 32.5 Å². The quantitative estimate of drug-likeness (QED) is 0.440. The molecule has 4 nitrogen and oxygen atoms in total. The van der Waals surface area contributed by atoms with E-state index in [1.807, 2.05) is 12.1 Å². The van der Waals surface area contributed by atoms with Gasteiger partial charge in [0.1, 0.15) is 0 Å². The van der Waals surface area contributed by atoms with E-state index in [1.54, 1.807) is 12.2 Å². The largest absolute Gasteiger partial charge is 0.393 e. The Labute approximate surface area is 157 Å². The molecule has 0 aromatic heterocycles. The molecular formula is C22H32O4. The number of aryl methyl sites for hydroxylation is 1. The van der Waals surface area contributed by atoms with Crippen molar-refractivity contribution >= 4 is 0 Å². The Morgan fingerprint density at radius 1 is 1.08 bits per heavy atom. The zero-order valence-electron chi connectivity index (χ0n) is 15.6. The molecule has 2 N–H and O–H groups in total. The van der Waals surface area contributed by atoms with Gasteiger partial charge in [0.25, 0.3) is 0 Å². The van der Waals surface area contributed by atoms with Crippen molar-refractivity contribution < 1.29 is 19.7 Å². The van der Waals surface area contributed by atoms with Gasteiger partial charge in [0, 0.05) is 12.8 Å². The van der Waals surface area contributed by atoms with Crippen molar-refractivity contribution in [1.29, 1.82) is 0 Å². The van der Waals surface area contributed by atoms with Crippen LogP contribution < -0.4 is 0 Å². The highest BCUT2D eigenvalue weighted by Crippen LogP contribution is 2.31. The van der Waals surface area contributed by atoms with Gasteiger partial charge in [0.05, 0.1) is 25.4 Å². The molecular weight excluding hydrogens is 328 g/mol. The lowest BCUT2D eigenvalue weighted by Gasteiger charge is -2.29. The van der Waals surface area contributed by atoms with E-state index in [2.05, 4.69) is 30.8 Å². The minimum atomic E-state index is -0.663. The summed E-state index contributed by atoms with van der Waals surface area (Å²) < 4.78 is 11.7. The zero-order valence-corrected chi connectivity index (χ0v) is 15.6. The highest BCUT2D eigenvalue weighted by atomic mass is 16.7. The highest BCUT2D eigenvalue weighted by molar-refractivity contribution is 5.14. The predicted octanol–water partition coefficient (Wildman–Crippen LogP) is 3.78. The number of hydrogen-bond acceptors (Lipinski definition) is 4. The molecule has 2 atom stereocenters. The zero-order chi connectivity index (χ0) is 18.7. The summed E-state index contributed by atoms with van der Waals surface area (Å²) in [5, 5.41) is 20.0. The highest BCUT2D eigenvalue weighted by Gasteiger charge is 2.37. The second-order valence-electron chi connectivity index (χ2n) is 6.91. The summed E-state index contributed by atoms with van der Waals surface area (Å²) in [5.74, 6) is -0.663. The average Bonchev–Trinajstić information content (AvgIpc) is 3.08. The van der Waals surface area contributed by atoms with Gasteiger partial charge in [-0.05, 0) is 37.7 Å². The number of benzene rings is 1. The Kier molecular flexibility index (Phi) is 9.06. The maximum Gasteiger partial charge on any atom is 0.170 e. The predicted molar refractivity (Wildman–Crippen MR) is 104 cm³/mol. The molecule has 0 radical (unpaired) electrons. The molecule has 1 aromatic rings. The third-order valence-corrected chi connectivity index (χ3v) is 4.65. The second-order valence-corrected chi connectivity index (χ2v) is 6.91. The number of rotatable bonds is 12. The summed E-state index contributed by atoms with van der Waals surface area (Å²) in [5.41, 5.74) is 1.35. The van der Waals surface area contributed by atoms with Crippen molar-refractivity contribution in [2.24, 2.45) is 0 Å². The first-order valence-corrected chi connectivity index (χ1v) is 9.59. The summed E-state index contributed by atoms with van der Waals surface area (Å²) in [6.45, 7) is 4.77. The third kappa shape index (κ3) is 7.42. The summed E-state index contributed by atoms with van der Waals surface area (Å²) >= 11 is 0. The lowest BCUT2D eigenvalue weighted by molar-refractivity contribution is -0.181. The van der Waals surface area contributed by atoms with Crippen LogP contribution in [0.3, 0.4) is 0 Å². The van der Waals surface area contributed by atoms with Crippen molar-refractivity contribution in [3.63, 3.8) is 0 Å². The van der Waals surface area contributed by atoms with Gasteiger partial charge < -0.3 is 19.7 Å². The van der Waals surface area contributed by atoms with Crippen LogP contribution in [0.2, 0.25) is 0 Å². The third-order valence-electron chi connectivity index (χ3n) is 4.65. The molecule has 1 aromatic carbocycles. The van der Waals surface area contributed by atoms with Crippen molar-refractivity contribution in [3.8, 4) is 0 Å². The maximum atomic E-state index is 10.3. The number of unbranched alkanes of at least 4 members (excludes halogenated alkanes) is 1. The van der Waals surface area contributed by atoms with E-state index in [-0.39, 0.29) is 0 Å². The minimum Gasteiger partial charge on any atom is -0.393 e. The van der Waals surface area contributed by atoms with Gasteiger partial charge in [0.2, 0.25) is 0 Å². The first-order valence-electron chi connectivity index (χ1n) is 9.59. The Morgan fingerprint density at radius 2 is 1.81 bits per heavy atom. The first kappa shape index (κ1) is 20.8. The molecule has 2 rings (SSSR count). The molecule has 1 aliphatic heterocycles. The van der Waals surface area contributed by atoms with Crippen LogP contribution in [0, 0.1) is 0 Å². The van der Waals surface area contributed by atoms with Crippen molar-refractivity contribution in [3.05, 3.63) is 60.7 Å². The van der Waals surface area contributed by atoms with E-state index in [4.69, 9.17) is 9.47 Å². The molecule has 0 unspecified atom stereocenters.